The number of carbonyl (C=O) groups is 1. The van der Waals surface area contributed by atoms with E-state index in [-0.39, 0.29) is 11.8 Å². The second-order valence-electron chi connectivity index (χ2n) is 5.91. The minimum Gasteiger partial charge on any atom is -0.342 e. The van der Waals surface area contributed by atoms with E-state index < -0.39 is 12.7 Å². The third kappa shape index (κ3) is 4.65. The molecule has 0 bridgehead atoms. The van der Waals surface area contributed by atoms with E-state index in [0.717, 1.165) is 25.9 Å². The molecule has 2 aliphatic rings. The SMILES string of the molecule is O=C(C1CCN(CC(F)(F)F)CC1)N1CCCCCC1. The quantitative estimate of drug-likeness (QED) is 0.781. The van der Waals surface area contributed by atoms with Crippen LogP contribution in [0.4, 0.5) is 13.2 Å². The van der Waals surface area contributed by atoms with Crippen molar-refractivity contribution in [3.8, 4) is 0 Å². The Hall–Kier alpha value is -0.780. The number of alkyl halides is 3. The monoisotopic (exact) mass is 292 g/mol. The lowest BCUT2D eigenvalue weighted by Gasteiger charge is -2.34. The summed E-state index contributed by atoms with van der Waals surface area (Å²) in [7, 11) is 0. The van der Waals surface area contributed by atoms with E-state index >= 15 is 0 Å². The summed E-state index contributed by atoms with van der Waals surface area (Å²) in [4.78, 5) is 15.7. The largest absolute Gasteiger partial charge is 0.401 e. The molecule has 1 amide bonds. The summed E-state index contributed by atoms with van der Waals surface area (Å²) < 4.78 is 36.9. The second-order valence-corrected chi connectivity index (χ2v) is 5.91. The molecule has 0 atom stereocenters. The molecule has 0 aromatic carbocycles. The van der Waals surface area contributed by atoms with Crippen molar-refractivity contribution >= 4 is 5.91 Å². The first-order valence-electron chi connectivity index (χ1n) is 7.53. The summed E-state index contributed by atoms with van der Waals surface area (Å²) in [6, 6.07) is 0. The van der Waals surface area contributed by atoms with Gasteiger partial charge in [0.2, 0.25) is 5.91 Å². The van der Waals surface area contributed by atoms with Crippen LogP contribution >= 0.6 is 0 Å². The molecule has 3 nitrogen and oxygen atoms in total. The third-order valence-electron chi connectivity index (χ3n) is 4.26. The smallest absolute Gasteiger partial charge is 0.342 e. The third-order valence-corrected chi connectivity index (χ3v) is 4.26. The van der Waals surface area contributed by atoms with E-state index in [1.165, 1.54) is 17.7 Å². The van der Waals surface area contributed by atoms with Crippen molar-refractivity contribution in [1.29, 1.82) is 0 Å². The number of hydrogen-bond acceptors (Lipinski definition) is 2. The van der Waals surface area contributed by atoms with Gasteiger partial charge in [0.15, 0.2) is 0 Å². The lowest BCUT2D eigenvalue weighted by atomic mass is 9.95. The molecule has 0 spiro atoms. The number of hydrogen-bond donors (Lipinski definition) is 0. The molecule has 2 heterocycles. The molecule has 0 aromatic heterocycles. The number of carbonyl (C=O) groups excluding carboxylic acids is 1. The molecule has 0 saturated carbocycles. The number of halogens is 3. The zero-order chi connectivity index (χ0) is 14.6. The fraction of sp³-hybridized carbons (Fsp3) is 0.929. The van der Waals surface area contributed by atoms with Crippen LogP contribution in [0, 0.1) is 5.92 Å². The fourth-order valence-electron chi connectivity index (χ4n) is 3.14. The van der Waals surface area contributed by atoms with Crippen LogP contribution in [0.3, 0.4) is 0 Å². The Kier molecular flexibility index (Phi) is 5.29. The standard InChI is InChI=1S/C14H23F3N2O/c15-14(16,17)11-18-9-5-12(6-10-18)13(20)19-7-3-1-2-4-8-19/h12H,1-11H2. The maximum Gasteiger partial charge on any atom is 0.401 e. The van der Waals surface area contributed by atoms with Gasteiger partial charge in [0.25, 0.3) is 0 Å². The summed E-state index contributed by atoms with van der Waals surface area (Å²) in [6.07, 6.45) is 1.44. The predicted molar refractivity (Wildman–Crippen MR) is 70.3 cm³/mol. The first-order chi connectivity index (χ1) is 9.46. The van der Waals surface area contributed by atoms with Crippen LogP contribution < -0.4 is 0 Å². The second kappa shape index (κ2) is 6.78. The first kappa shape index (κ1) is 15.6. The van der Waals surface area contributed by atoms with Crippen LogP contribution in [0.15, 0.2) is 0 Å². The van der Waals surface area contributed by atoms with Crippen LogP contribution in [-0.4, -0.2) is 54.6 Å². The number of likely N-dealkylation sites (tertiary alicyclic amines) is 2. The first-order valence-corrected chi connectivity index (χ1v) is 7.53. The van der Waals surface area contributed by atoms with Crippen molar-refractivity contribution in [1.82, 2.24) is 9.80 Å². The van der Waals surface area contributed by atoms with Crippen molar-refractivity contribution in [2.24, 2.45) is 5.92 Å². The van der Waals surface area contributed by atoms with Gasteiger partial charge in [0, 0.05) is 19.0 Å². The average molecular weight is 292 g/mol. The van der Waals surface area contributed by atoms with Gasteiger partial charge in [-0.05, 0) is 38.8 Å². The lowest BCUT2D eigenvalue weighted by Crippen LogP contribution is -2.45. The molecule has 2 fully saturated rings. The van der Waals surface area contributed by atoms with E-state index in [1.54, 1.807) is 0 Å². The Morgan fingerprint density at radius 2 is 1.50 bits per heavy atom. The van der Waals surface area contributed by atoms with Crippen molar-refractivity contribution in [3.63, 3.8) is 0 Å². The molecule has 2 saturated heterocycles. The minimum absolute atomic E-state index is 0.0717. The number of rotatable bonds is 2. The summed E-state index contributed by atoms with van der Waals surface area (Å²) in [5.41, 5.74) is 0. The van der Waals surface area contributed by atoms with Gasteiger partial charge in [0.1, 0.15) is 0 Å². The number of nitrogens with zero attached hydrogens (tertiary/aromatic N) is 2. The maximum atomic E-state index is 12.4. The molecule has 6 heteroatoms. The van der Waals surface area contributed by atoms with E-state index in [2.05, 4.69) is 0 Å². The molecule has 0 aliphatic carbocycles. The Morgan fingerprint density at radius 1 is 0.950 bits per heavy atom. The molecule has 0 aromatic rings. The van der Waals surface area contributed by atoms with Crippen LogP contribution in [0.1, 0.15) is 38.5 Å². The molecule has 0 radical (unpaired) electrons. The van der Waals surface area contributed by atoms with Gasteiger partial charge in [-0.25, -0.2) is 0 Å². The zero-order valence-electron chi connectivity index (χ0n) is 11.8. The topological polar surface area (TPSA) is 23.6 Å². The van der Waals surface area contributed by atoms with Crippen LogP contribution in [-0.2, 0) is 4.79 Å². The molecular weight excluding hydrogens is 269 g/mol. The van der Waals surface area contributed by atoms with E-state index in [0.29, 0.717) is 25.9 Å². The van der Waals surface area contributed by atoms with Crippen molar-refractivity contribution in [2.45, 2.75) is 44.7 Å². The van der Waals surface area contributed by atoms with Gasteiger partial charge in [-0.15, -0.1) is 0 Å². The summed E-state index contributed by atoms with van der Waals surface area (Å²) in [6.45, 7) is 1.55. The highest BCUT2D eigenvalue weighted by Crippen LogP contribution is 2.24. The highest BCUT2D eigenvalue weighted by molar-refractivity contribution is 5.79. The normalized spacial score (nSPS) is 23.6. The van der Waals surface area contributed by atoms with Gasteiger partial charge in [-0.2, -0.15) is 13.2 Å². The maximum absolute atomic E-state index is 12.4. The van der Waals surface area contributed by atoms with E-state index in [1.807, 2.05) is 4.90 Å². The van der Waals surface area contributed by atoms with Gasteiger partial charge >= 0.3 is 6.18 Å². The molecule has 116 valence electrons. The Balaban J connectivity index is 1.79. The molecule has 2 rings (SSSR count). The molecule has 0 N–H and O–H groups in total. The molecular formula is C14H23F3N2O. The van der Waals surface area contributed by atoms with E-state index in [4.69, 9.17) is 0 Å². The van der Waals surface area contributed by atoms with Crippen molar-refractivity contribution in [2.75, 3.05) is 32.7 Å². The number of amides is 1. The predicted octanol–water partition coefficient (Wildman–Crippen LogP) is 2.66. The van der Waals surface area contributed by atoms with Crippen molar-refractivity contribution < 1.29 is 18.0 Å². The molecule has 20 heavy (non-hydrogen) atoms. The summed E-state index contributed by atoms with van der Waals surface area (Å²) >= 11 is 0. The lowest BCUT2D eigenvalue weighted by molar-refractivity contribution is -0.151. The summed E-state index contributed by atoms with van der Waals surface area (Å²) in [5, 5.41) is 0. The Morgan fingerprint density at radius 3 is 2.00 bits per heavy atom. The van der Waals surface area contributed by atoms with E-state index in [9.17, 15) is 18.0 Å². The van der Waals surface area contributed by atoms with Crippen LogP contribution in [0.2, 0.25) is 0 Å². The Bertz CT molecular complexity index is 317. The van der Waals surface area contributed by atoms with Crippen molar-refractivity contribution in [3.05, 3.63) is 0 Å². The van der Waals surface area contributed by atoms with Crippen LogP contribution in [0.5, 0.6) is 0 Å². The molecule has 2 aliphatic heterocycles. The highest BCUT2D eigenvalue weighted by Gasteiger charge is 2.34. The summed E-state index contributed by atoms with van der Waals surface area (Å²) in [5.74, 6) is 0.0937. The highest BCUT2D eigenvalue weighted by atomic mass is 19.4. The zero-order valence-corrected chi connectivity index (χ0v) is 11.8. The molecule has 0 unspecified atom stereocenters. The van der Waals surface area contributed by atoms with Gasteiger partial charge in [-0.1, -0.05) is 12.8 Å². The Labute approximate surface area is 118 Å². The van der Waals surface area contributed by atoms with Crippen LogP contribution in [0.25, 0.3) is 0 Å². The van der Waals surface area contributed by atoms with Gasteiger partial charge in [0.05, 0.1) is 6.54 Å². The fourth-order valence-corrected chi connectivity index (χ4v) is 3.14. The number of piperidine rings is 1. The van der Waals surface area contributed by atoms with Gasteiger partial charge in [-0.3, -0.25) is 9.69 Å². The minimum atomic E-state index is -4.14. The van der Waals surface area contributed by atoms with Gasteiger partial charge < -0.3 is 4.90 Å². The average Bonchev–Trinajstić information content (AvgIpc) is 2.66.